The number of carbonyl (C=O) groups excluding carboxylic acids is 1. The van der Waals surface area contributed by atoms with Crippen LogP contribution in [0.2, 0.25) is 0 Å². The molecule has 0 saturated carbocycles. The summed E-state index contributed by atoms with van der Waals surface area (Å²) in [5, 5.41) is 6.78. The minimum atomic E-state index is 0.0533. The van der Waals surface area contributed by atoms with Gasteiger partial charge in [0.25, 0.3) is 0 Å². The molecular weight excluding hydrogens is 404 g/mol. The monoisotopic (exact) mass is 436 g/mol. The number of methoxy groups -OCH3 is 3. The summed E-state index contributed by atoms with van der Waals surface area (Å²) in [6.45, 7) is 4.10. The van der Waals surface area contributed by atoms with E-state index < -0.39 is 0 Å². The highest BCUT2D eigenvalue weighted by atomic mass is 16.5. The maximum absolute atomic E-state index is 12.3. The molecule has 1 heterocycles. The van der Waals surface area contributed by atoms with Gasteiger partial charge in [-0.25, -0.2) is 0 Å². The van der Waals surface area contributed by atoms with Gasteiger partial charge in [0.1, 0.15) is 0 Å². The fourth-order valence-electron chi connectivity index (χ4n) is 4.87. The number of hydrogen-bond donors (Lipinski definition) is 2. The van der Waals surface area contributed by atoms with E-state index in [0.29, 0.717) is 35.5 Å². The van der Waals surface area contributed by atoms with Crippen molar-refractivity contribution in [3.05, 3.63) is 53.6 Å². The number of rotatable bonds is 7. The highest BCUT2D eigenvalue weighted by molar-refractivity contribution is 5.91. The molecule has 1 aliphatic heterocycles. The Morgan fingerprint density at radius 3 is 2.44 bits per heavy atom. The van der Waals surface area contributed by atoms with Crippen LogP contribution in [0.15, 0.2) is 42.5 Å². The zero-order valence-electron chi connectivity index (χ0n) is 19.4. The van der Waals surface area contributed by atoms with Crippen molar-refractivity contribution in [2.75, 3.05) is 32.0 Å². The van der Waals surface area contributed by atoms with Gasteiger partial charge >= 0.3 is 0 Å². The van der Waals surface area contributed by atoms with Gasteiger partial charge in [-0.05, 0) is 59.7 Å². The number of amides is 1. The number of nitrogens with one attached hydrogen (secondary N) is 2. The normalized spacial score (nSPS) is 20.9. The van der Waals surface area contributed by atoms with E-state index in [2.05, 4.69) is 34.9 Å². The Morgan fingerprint density at radius 2 is 1.81 bits per heavy atom. The maximum atomic E-state index is 12.3. The number of hydrogen-bond acceptors (Lipinski definition) is 5. The summed E-state index contributed by atoms with van der Waals surface area (Å²) in [6.07, 6.45) is 6.03. The van der Waals surface area contributed by atoms with Gasteiger partial charge in [-0.15, -0.1) is 0 Å². The van der Waals surface area contributed by atoms with Crippen LogP contribution in [0, 0.1) is 11.8 Å². The molecule has 0 spiro atoms. The second kappa shape index (κ2) is 9.15. The summed E-state index contributed by atoms with van der Waals surface area (Å²) in [5.74, 6) is 2.91. The van der Waals surface area contributed by atoms with Gasteiger partial charge in [0.05, 0.1) is 27.4 Å². The Morgan fingerprint density at radius 1 is 1.09 bits per heavy atom. The van der Waals surface area contributed by atoms with Gasteiger partial charge in [0.2, 0.25) is 11.7 Å². The highest BCUT2D eigenvalue weighted by Crippen LogP contribution is 2.52. The predicted molar refractivity (Wildman–Crippen MR) is 127 cm³/mol. The van der Waals surface area contributed by atoms with Crippen LogP contribution < -0.4 is 24.8 Å². The first kappa shape index (κ1) is 22.1. The number of benzene rings is 2. The van der Waals surface area contributed by atoms with Gasteiger partial charge in [-0.1, -0.05) is 26.0 Å². The number of ether oxygens (including phenoxy) is 3. The van der Waals surface area contributed by atoms with Crippen molar-refractivity contribution in [1.82, 2.24) is 0 Å². The van der Waals surface area contributed by atoms with Crippen LogP contribution >= 0.6 is 0 Å². The quantitative estimate of drug-likeness (QED) is 0.559. The highest BCUT2D eigenvalue weighted by Gasteiger charge is 2.38. The second-order valence-corrected chi connectivity index (χ2v) is 8.88. The van der Waals surface area contributed by atoms with Crippen LogP contribution in [0.4, 0.5) is 11.4 Å². The van der Waals surface area contributed by atoms with E-state index in [1.807, 2.05) is 32.0 Å². The van der Waals surface area contributed by atoms with Crippen LogP contribution in [0.5, 0.6) is 17.2 Å². The zero-order chi connectivity index (χ0) is 22.8. The lowest BCUT2D eigenvalue weighted by atomic mass is 9.77. The van der Waals surface area contributed by atoms with Gasteiger partial charge in [-0.3, -0.25) is 4.79 Å². The van der Waals surface area contributed by atoms with Gasteiger partial charge in [0.15, 0.2) is 11.5 Å². The molecule has 0 fully saturated rings. The van der Waals surface area contributed by atoms with E-state index in [9.17, 15) is 4.79 Å². The summed E-state index contributed by atoms with van der Waals surface area (Å²) < 4.78 is 16.7. The molecular formula is C26H32N2O4. The molecule has 2 aromatic carbocycles. The Labute approximate surface area is 189 Å². The lowest BCUT2D eigenvalue weighted by Crippen LogP contribution is -2.29. The third kappa shape index (κ3) is 4.14. The van der Waals surface area contributed by atoms with Crippen LogP contribution in [0.25, 0.3) is 0 Å². The van der Waals surface area contributed by atoms with E-state index in [1.54, 1.807) is 21.3 Å². The molecule has 3 unspecified atom stereocenters. The average molecular weight is 437 g/mol. The van der Waals surface area contributed by atoms with Crippen LogP contribution in [0.1, 0.15) is 49.8 Å². The topological polar surface area (TPSA) is 68.8 Å². The smallest absolute Gasteiger partial charge is 0.224 e. The number of anilines is 2. The average Bonchev–Trinajstić information content (AvgIpc) is 3.27. The van der Waals surface area contributed by atoms with Crippen LogP contribution in [0.3, 0.4) is 0 Å². The molecule has 32 heavy (non-hydrogen) atoms. The van der Waals surface area contributed by atoms with Crippen LogP contribution in [-0.4, -0.2) is 27.2 Å². The molecule has 2 N–H and O–H groups in total. The number of allylic oxidation sites excluding steroid dienone is 2. The summed E-state index contributed by atoms with van der Waals surface area (Å²) >= 11 is 0. The molecule has 0 aromatic heterocycles. The largest absolute Gasteiger partial charge is 0.493 e. The fraction of sp³-hybridized carbons (Fsp3) is 0.423. The molecule has 0 bridgehead atoms. The molecule has 4 rings (SSSR count). The Bertz CT molecular complexity index is 1010. The van der Waals surface area contributed by atoms with Crippen molar-refractivity contribution in [3.63, 3.8) is 0 Å². The first-order valence-electron chi connectivity index (χ1n) is 11.1. The minimum absolute atomic E-state index is 0.0533. The third-order valence-corrected chi connectivity index (χ3v) is 6.29. The molecule has 2 aromatic rings. The second-order valence-electron chi connectivity index (χ2n) is 8.88. The predicted octanol–water partition coefficient (Wildman–Crippen LogP) is 5.52. The summed E-state index contributed by atoms with van der Waals surface area (Å²) in [7, 11) is 4.89. The molecule has 1 amide bonds. The first-order chi connectivity index (χ1) is 15.4. The molecule has 6 nitrogen and oxygen atoms in total. The van der Waals surface area contributed by atoms with E-state index in [1.165, 1.54) is 5.56 Å². The summed E-state index contributed by atoms with van der Waals surface area (Å²) in [6, 6.07) is 10.3. The van der Waals surface area contributed by atoms with E-state index in [4.69, 9.17) is 14.2 Å². The number of carbonyl (C=O) groups is 1. The van der Waals surface area contributed by atoms with Crippen molar-refractivity contribution < 1.29 is 19.0 Å². The van der Waals surface area contributed by atoms with Crippen molar-refractivity contribution in [2.24, 2.45) is 11.8 Å². The zero-order valence-corrected chi connectivity index (χ0v) is 19.4. The molecule has 1 aliphatic carbocycles. The first-order valence-corrected chi connectivity index (χ1v) is 11.1. The van der Waals surface area contributed by atoms with Crippen molar-refractivity contribution >= 4 is 17.3 Å². The SMILES string of the molecule is COc1cc(C2Nc3ccc(NC(=O)CC(C)C)cc3C3C=CCC32)cc(OC)c1OC. The molecule has 6 heteroatoms. The van der Waals surface area contributed by atoms with Gasteiger partial charge in [0, 0.05) is 23.7 Å². The summed E-state index contributed by atoms with van der Waals surface area (Å²) in [5.41, 5.74) is 4.24. The number of fused-ring (bicyclic) bond motifs is 3. The third-order valence-electron chi connectivity index (χ3n) is 6.29. The molecule has 2 aliphatic rings. The Hall–Kier alpha value is -3.15. The molecule has 170 valence electrons. The van der Waals surface area contributed by atoms with E-state index in [-0.39, 0.29) is 17.9 Å². The summed E-state index contributed by atoms with van der Waals surface area (Å²) in [4.78, 5) is 12.3. The Kier molecular flexibility index (Phi) is 6.31. The lowest BCUT2D eigenvalue weighted by Gasteiger charge is -2.38. The standard InChI is InChI=1S/C26H32N2O4/c1-15(2)11-24(29)27-17-9-10-21-20(14-17)18-7-6-8-19(18)25(28-21)16-12-22(30-3)26(32-5)23(13-16)31-4/h6-7,9-10,12-15,18-19,25,28H,8,11H2,1-5H3,(H,27,29). The molecule has 0 saturated heterocycles. The van der Waals surface area contributed by atoms with E-state index in [0.717, 1.165) is 23.4 Å². The lowest BCUT2D eigenvalue weighted by molar-refractivity contribution is -0.116. The minimum Gasteiger partial charge on any atom is -0.493 e. The maximum Gasteiger partial charge on any atom is 0.224 e. The molecule has 3 atom stereocenters. The van der Waals surface area contributed by atoms with Crippen molar-refractivity contribution in [3.8, 4) is 17.2 Å². The van der Waals surface area contributed by atoms with Gasteiger partial charge < -0.3 is 24.8 Å². The molecule has 0 radical (unpaired) electrons. The fourth-order valence-corrected chi connectivity index (χ4v) is 4.87. The van der Waals surface area contributed by atoms with Crippen molar-refractivity contribution in [2.45, 2.75) is 38.6 Å². The van der Waals surface area contributed by atoms with Gasteiger partial charge in [-0.2, -0.15) is 0 Å². The van der Waals surface area contributed by atoms with Crippen molar-refractivity contribution in [1.29, 1.82) is 0 Å². The Balaban J connectivity index is 1.67. The van der Waals surface area contributed by atoms with Crippen LogP contribution in [-0.2, 0) is 4.79 Å². The van der Waals surface area contributed by atoms with E-state index >= 15 is 0 Å².